The maximum absolute atomic E-state index is 12.3. The van der Waals surface area contributed by atoms with E-state index in [1.54, 1.807) is 12.3 Å². The van der Waals surface area contributed by atoms with E-state index in [9.17, 15) is 13.2 Å². The fourth-order valence-corrected chi connectivity index (χ4v) is 1.33. The molecule has 1 aromatic heterocycles. The van der Waals surface area contributed by atoms with Crippen LogP contribution in [0.1, 0.15) is 5.56 Å². The highest BCUT2D eigenvalue weighted by Crippen LogP contribution is 2.30. The summed E-state index contributed by atoms with van der Waals surface area (Å²) in [6, 6.07) is 9.41. The minimum atomic E-state index is -4.29. The topological polar surface area (TPSA) is 12.9 Å². The van der Waals surface area contributed by atoms with Crippen LogP contribution in [0.25, 0.3) is 11.1 Å². The third-order valence-corrected chi connectivity index (χ3v) is 2.15. The van der Waals surface area contributed by atoms with E-state index in [0.717, 1.165) is 17.7 Å². The molecular formula is C12H7F3N. The summed E-state index contributed by atoms with van der Waals surface area (Å²) in [5.41, 5.74) is 0.790. The molecule has 4 heteroatoms. The van der Waals surface area contributed by atoms with Crippen LogP contribution in [0.4, 0.5) is 13.2 Å². The summed E-state index contributed by atoms with van der Waals surface area (Å²) in [6.07, 6.45) is -1.22. The average molecular weight is 222 g/mol. The van der Waals surface area contributed by atoms with Crippen molar-refractivity contribution in [2.24, 2.45) is 0 Å². The van der Waals surface area contributed by atoms with E-state index in [4.69, 9.17) is 0 Å². The predicted molar refractivity (Wildman–Crippen MR) is 53.5 cm³/mol. The van der Waals surface area contributed by atoms with Crippen LogP contribution in [0.5, 0.6) is 0 Å². The van der Waals surface area contributed by atoms with Gasteiger partial charge in [-0.25, -0.2) is 0 Å². The number of pyridine rings is 1. The predicted octanol–water partition coefficient (Wildman–Crippen LogP) is 3.57. The normalized spacial score (nSPS) is 11.4. The van der Waals surface area contributed by atoms with E-state index < -0.39 is 11.7 Å². The van der Waals surface area contributed by atoms with Gasteiger partial charge in [0.1, 0.15) is 0 Å². The number of nitrogens with zero attached hydrogens (tertiary/aromatic N) is 1. The van der Waals surface area contributed by atoms with Crippen molar-refractivity contribution >= 4 is 0 Å². The molecule has 16 heavy (non-hydrogen) atoms. The average Bonchev–Trinajstić information content (AvgIpc) is 2.29. The molecule has 0 aliphatic heterocycles. The van der Waals surface area contributed by atoms with Crippen molar-refractivity contribution in [3.63, 3.8) is 0 Å². The first-order valence-electron chi connectivity index (χ1n) is 4.56. The summed E-state index contributed by atoms with van der Waals surface area (Å²) in [7, 11) is 0. The van der Waals surface area contributed by atoms with Crippen LogP contribution in [0.3, 0.4) is 0 Å². The molecule has 0 saturated heterocycles. The lowest BCUT2D eigenvalue weighted by Crippen LogP contribution is -2.03. The Labute approximate surface area is 90.6 Å². The molecule has 1 nitrogen and oxygen atoms in total. The second kappa shape index (κ2) is 3.96. The quantitative estimate of drug-likeness (QED) is 0.718. The summed E-state index contributed by atoms with van der Waals surface area (Å²) < 4.78 is 36.9. The Kier molecular flexibility index (Phi) is 2.64. The van der Waals surface area contributed by atoms with Crippen LogP contribution >= 0.6 is 0 Å². The maximum atomic E-state index is 12.3. The summed E-state index contributed by atoms with van der Waals surface area (Å²) in [5, 5.41) is 0. The second-order valence-electron chi connectivity index (χ2n) is 3.25. The van der Waals surface area contributed by atoms with Gasteiger partial charge in [0.05, 0.1) is 5.56 Å². The van der Waals surface area contributed by atoms with E-state index in [1.807, 2.05) is 0 Å². The fourth-order valence-electron chi connectivity index (χ4n) is 1.33. The SMILES string of the molecule is FC(F)(F)c1ccc(-c2c[c]cnc2)cc1. The molecule has 0 aliphatic rings. The lowest BCUT2D eigenvalue weighted by Gasteiger charge is -2.07. The Bertz CT molecular complexity index is 460. The molecule has 0 atom stereocenters. The smallest absolute Gasteiger partial charge is 0.263 e. The molecule has 0 unspecified atom stereocenters. The first-order valence-corrected chi connectivity index (χ1v) is 4.56. The molecule has 1 aromatic carbocycles. The summed E-state index contributed by atoms with van der Waals surface area (Å²) in [4.78, 5) is 3.85. The molecule has 0 saturated carbocycles. The number of hydrogen-bond acceptors (Lipinski definition) is 1. The highest BCUT2D eigenvalue weighted by molar-refractivity contribution is 5.62. The number of rotatable bonds is 1. The van der Waals surface area contributed by atoms with Crippen LogP contribution in [-0.4, -0.2) is 4.98 Å². The zero-order valence-electron chi connectivity index (χ0n) is 8.12. The fraction of sp³-hybridized carbons (Fsp3) is 0.0833. The van der Waals surface area contributed by atoms with Crippen molar-refractivity contribution in [3.05, 3.63) is 54.4 Å². The Morgan fingerprint density at radius 3 is 2.19 bits per heavy atom. The first kappa shape index (κ1) is 10.7. The molecule has 0 fully saturated rings. The van der Waals surface area contributed by atoms with Gasteiger partial charge in [-0.15, -0.1) is 0 Å². The van der Waals surface area contributed by atoms with E-state index in [-0.39, 0.29) is 0 Å². The van der Waals surface area contributed by atoms with Gasteiger partial charge in [0.2, 0.25) is 0 Å². The molecule has 0 spiro atoms. The number of hydrogen-bond donors (Lipinski definition) is 0. The van der Waals surface area contributed by atoms with Gasteiger partial charge in [0, 0.05) is 24.0 Å². The first-order chi connectivity index (χ1) is 7.57. The second-order valence-corrected chi connectivity index (χ2v) is 3.25. The summed E-state index contributed by atoms with van der Waals surface area (Å²) >= 11 is 0. The van der Waals surface area contributed by atoms with Crippen molar-refractivity contribution in [1.82, 2.24) is 4.98 Å². The molecule has 0 amide bonds. The van der Waals surface area contributed by atoms with Gasteiger partial charge in [-0.3, -0.25) is 4.98 Å². The molecular weight excluding hydrogens is 215 g/mol. The van der Waals surface area contributed by atoms with E-state index in [1.165, 1.54) is 18.3 Å². The standard InChI is InChI=1S/C12H7F3N/c13-12(14,15)11-5-3-9(4-6-11)10-2-1-7-16-8-10/h2-8H. The molecule has 1 radical (unpaired) electrons. The van der Waals surface area contributed by atoms with Crippen molar-refractivity contribution in [2.45, 2.75) is 6.18 Å². The summed E-state index contributed by atoms with van der Waals surface area (Å²) in [6.45, 7) is 0. The van der Waals surface area contributed by atoms with Crippen molar-refractivity contribution in [3.8, 4) is 11.1 Å². The number of benzene rings is 1. The number of halogens is 3. The molecule has 2 rings (SSSR count). The monoisotopic (exact) mass is 222 g/mol. The largest absolute Gasteiger partial charge is 0.416 e. The third-order valence-electron chi connectivity index (χ3n) is 2.15. The molecule has 1 heterocycles. The van der Waals surface area contributed by atoms with Crippen LogP contribution in [0.15, 0.2) is 42.7 Å². The van der Waals surface area contributed by atoms with Crippen LogP contribution in [0, 0.1) is 6.07 Å². The van der Waals surface area contributed by atoms with Crippen LogP contribution in [-0.2, 0) is 6.18 Å². The van der Waals surface area contributed by atoms with Crippen LogP contribution < -0.4 is 0 Å². The van der Waals surface area contributed by atoms with Gasteiger partial charge >= 0.3 is 6.18 Å². The highest BCUT2D eigenvalue weighted by atomic mass is 19.4. The Balaban J connectivity index is 2.34. The number of aromatic nitrogens is 1. The Hall–Kier alpha value is -1.84. The lowest BCUT2D eigenvalue weighted by molar-refractivity contribution is -0.137. The van der Waals surface area contributed by atoms with E-state index in [0.29, 0.717) is 5.56 Å². The Morgan fingerprint density at radius 2 is 1.69 bits per heavy atom. The molecule has 0 N–H and O–H groups in total. The van der Waals surface area contributed by atoms with Crippen LogP contribution in [0.2, 0.25) is 0 Å². The van der Waals surface area contributed by atoms with Crippen molar-refractivity contribution in [2.75, 3.05) is 0 Å². The Morgan fingerprint density at radius 1 is 1.00 bits per heavy atom. The maximum Gasteiger partial charge on any atom is 0.416 e. The van der Waals surface area contributed by atoms with Gasteiger partial charge in [0.15, 0.2) is 0 Å². The zero-order chi connectivity index (χ0) is 11.6. The third kappa shape index (κ3) is 2.21. The van der Waals surface area contributed by atoms with E-state index >= 15 is 0 Å². The number of alkyl halides is 3. The van der Waals surface area contributed by atoms with Gasteiger partial charge in [-0.2, -0.15) is 13.2 Å². The van der Waals surface area contributed by atoms with E-state index in [2.05, 4.69) is 11.1 Å². The lowest BCUT2D eigenvalue weighted by atomic mass is 10.1. The molecule has 81 valence electrons. The minimum absolute atomic E-state index is 0.649. The van der Waals surface area contributed by atoms with Gasteiger partial charge in [-0.1, -0.05) is 12.1 Å². The molecule has 0 bridgehead atoms. The summed E-state index contributed by atoms with van der Waals surface area (Å²) in [5.74, 6) is 0. The highest BCUT2D eigenvalue weighted by Gasteiger charge is 2.29. The van der Waals surface area contributed by atoms with Crippen molar-refractivity contribution < 1.29 is 13.2 Å². The molecule has 2 aromatic rings. The minimum Gasteiger partial charge on any atom is -0.263 e. The molecule has 0 aliphatic carbocycles. The van der Waals surface area contributed by atoms with Gasteiger partial charge in [0.25, 0.3) is 0 Å². The zero-order valence-corrected chi connectivity index (χ0v) is 8.12. The van der Waals surface area contributed by atoms with Gasteiger partial charge < -0.3 is 0 Å². The van der Waals surface area contributed by atoms with Gasteiger partial charge in [-0.05, 0) is 23.8 Å². The van der Waals surface area contributed by atoms with Crippen molar-refractivity contribution in [1.29, 1.82) is 0 Å².